The van der Waals surface area contributed by atoms with Gasteiger partial charge < -0.3 is 9.80 Å². The summed E-state index contributed by atoms with van der Waals surface area (Å²) in [5.74, 6) is -0.198. The van der Waals surface area contributed by atoms with Crippen molar-refractivity contribution in [2.24, 2.45) is 5.92 Å². The minimum Gasteiger partial charge on any atom is -0.337 e. The average molecular weight is 509 g/mol. The largest absolute Gasteiger partial charge is 0.337 e. The van der Waals surface area contributed by atoms with Crippen molar-refractivity contribution in [1.29, 1.82) is 10.5 Å². The van der Waals surface area contributed by atoms with E-state index in [9.17, 15) is 10.5 Å². The molecule has 0 aromatic heterocycles. The number of hydrogen-bond acceptors (Lipinski definition) is 4. The first-order valence-electron chi connectivity index (χ1n) is 13.3. The molecule has 0 radical (unpaired) electrons. The van der Waals surface area contributed by atoms with Gasteiger partial charge in [0, 0.05) is 41.4 Å². The van der Waals surface area contributed by atoms with Gasteiger partial charge in [-0.3, -0.25) is 0 Å². The maximum absolute atomic E-state index is 9.48. The zero-order valence-corrected chi connectivity index (χ0v) is 22.9. The molecule has 0 bridgehead atoms. The van der Waals surface area contributed by atoms with Crippen molar-refractivity contribution in [3.63, 3.8) is 0 Å². The van der Waals surface area contributed by atoms with Gasteiger partial charge in [-0.15, -0.1) is 0 Å². The lowest BCUT2D eigenvalue weighted by Gasteiger charge is -2.36. The van der Waals surface area contributed by atoms with Crippen LogP contribution in [0.15, 0.2) is 102 Å². The van der Waals surface area contributed by atoms with E-state index in [2.05, 4.69) is 116 Å². The standard InChI is InChI=1S/C35H32N4/c1-5-9-31-25(3)22-38(35-13-7-6-12-32(31)35)29-10-8-11-30(19-29)39-23-28-16-15-27(21-37)18-33(28)26(4)34(39)17-14-24(2)20-36/h5-19,24H,22-23H2,1-4H3/b9-5-,17-14-. The fourth-order valence-electron chi connectivity index (χ4n) is 5.48. The van der Waals surface area contributed by atoms with E-state index in [1.54, 1.807) is 0 Å². The normalized spacial score (nSPS) is 15.8. The molecule has 3 aromatic rings. The lowest BCUT2D eigenvalue weighted by Crippen LogP contribution is -2.27. The highest BCUT2D eigenvalue weighted by atomic mass is 15.2. The molecule has 2 heterocycles. The van der Waals surface area contributed by atoms with Crippen molar-refractivity contribution >= 4 is 28.2 Å². The number of hydrogen-bond donors (Lipinski definition) is 0. The topological polar surface area (TPSA) is 54.1 Å². The van der Waals surface area contributed by atoms with Crippen LogP contribution in [0.3, 0.4) is 0 Å². The van der Waals surface area contributed by atoms with Gasteiger partial charge in [0.2, 0.25) is 0 Å². The molecular formula is C35H32N4. The van der Waals surface area contributed by atoms with E-state index in [-0.39, 0.29) is 5.92 Å². The molecule has 0 spiro atoms. The zero-order valence-electron chi connectivity index (χ0n) is 22.9. The fourth-order valence-corrected chi connectivity index (χ4v) is 5.48. The molecule has 1 unspecified atom stereocenters. The van der Waals surface area contributed by atoms with Crippen LogP contribution in [0, 0.1) is 28.6 Å². The van der Waals surface area contributed by atoms with Gasteiger partial charge in [0.25, 0.3) is 0 Å². The Labute approximate surface area is 231 Å². The summed E-state index contributed by atoms with van der Waals surface area (Å²) in [7, 11) is 0. The summed E-state index contributed by atoms with van der Waals surface area (Å²) < 4.78 is 0. The molecule has 0 amide bonds. The Balaban J connectivity index is 1.60. The minimum absolute atomic E-state index is 0.198. The summed E-state index contributed by atoms with van der Waals surface area (Å²) >= 11 is 0. The van der Waals surface area contributed by atoms with Crippen LogP contribution in [0.2, 0.25) is 0 Å². The fraction of sp³-hybridized carbons (Fsp3) is 0.200. The van der Waals surface area contributed by atoms with Gasteiger partial charge in [0.1, 0.15) is 0 Å². The first kappa shape index (κ1) is 25.8. The summed E-state index contributed by atoms with van der Waals surface area (Å²) in [4.78, 5) is 4.71. The van der Waals surface area contributed by atoms with E-state index >= 15 is 0 Å². The van der Waals surface area contributed by atoms with Gasteiger partial charge in [-0.05, 0) is 98.0 Å². The molecule has 3 aromatic carbocycles. The Morgan fingerprint density at radius 2 is 1.62 bits per heavy atom. The Hall–Kier alpha value is -4.80. The van der Waals surface area contributed by atoms with Gasteiger partial charge in [-0.25, -0.2) is 0 Å². The SMILES string of the molecule is C/C=C\C1=C(C)CN(c2cccc(N3Cc4ccc(C#N)cc4C(C)=C3/C=C\C(C)C#N)c2)c2ccccc21. The van der Waals surface area contributed by atoms with Crippen LogP contribution in [0.1, 0.15) is 49.9 Å². The summed E-state index contributed by atoms with van der Waals surface area (Å²) in [6, 6.07) is 27.8. The number of benzene rings is 3. The van der Waals surface area contributed by atoms with Gasteiger partial charge in [-0.2, -0.15) is 10.5 Å². The van der Waals surface area contributed by atoms with Gasteiger partial charge in [0.15, 0.2) is 0 Å². The molecule has 2 aliphatic rings. The molecule has 39 heavy (non-hydrogen) atoms. The van der Waals surface area contributed by atoms with Crippen molar-refractivity contribution in [1.82, 2.24) is 0 Å². The average Bonchev–Trinajstić information content (AvgIpc) is 2.97. The highest BCUT2D eigenvalue weighted by Crippen LogP contribution is 2.42. The predicted octanol–water partition coefficient (Wildman–Crippen LogP) is 8.53. The number of nitriles is 2. The Morgan fingerprint density at radius 3 is 2.36 bits per heavy atom. The van der Waals surface area contributed by atoms with E-state index in [0.29, 0.717) is 12.1 Å². The lowest BCUT2D eigenvalue weighted by atomic mass is 9.91. The second-order valence-corrected chi connectivity index (χ2v) is 10.2. The highest BCUT2D eigenvalue weighted by molar-refractivity contribution is 5.90. The summed E-state index contributed by atoms with van der Waals surface area (Å²) in [5, 5.41) is 18.9. The van der Waals surface area contributed by atoms with Crippen LogP contribution in [-0.2, 0) is 6.54 Å². The molecule has 0 fully saturated rings. The molecule has 5 rings (SSSR count). The maximum atomic E-state index is 9.48. The van der Waals surface area contributed by atoms with Crippen molar-refractivity contribution in [3.8, 4) is 12.1 Å². The molecular weight excluding hydrogens is 476 g/mol. The van der Waals surface area contributed by atoms with Crippen LogP contribution >= 0.6 is 0 Å². The van der Waals surface area contributed by atoms with E-state index in [4.69, 9.17) is 0 Å². The predicted molar refractivity (Wildman–Crippen MR) is 161 cm³/mol. The Bertz CT molecular complexity index is 1640. The van der Waals surface area contributed by atoms with Crippen molar-refractivity contribution in [2.45, 2.75) is 34.2 Å². The van der Waals surface area contributed by atoms with Gasteiger partial charge in [-0.1, -0.05) is 48.6 Å². The Morgan fingerprint density at radius 1 is 0.846 bits per heavy atom. The molecule has 0 aliphatic carbocycles. The third-order valence-corrected chi connectivity index (χ3v) is 7.52. The van der Waals surface area contributed by atoms with Crippen LogP contribution in [0.25, 0.3) is 11.1 Å². The van der Waals surface area contributed by atoms with Crippen LogP contribution in [0.5, 0.6) is 0 Å². The number of rotatable bonds is 5. The Kier molecular flexibility index (Phi) is 7.22. The number of para-hydroxylation sites is 1. The van der Waals surface area contributed by atoms with Crippen molar-refractivity contribution in [2.75, 3.05) is 16.3 Å². The van der Waals surface area contributed by atoms with Crippen LogP contribution in [-0.4, -0.2) is 6.54 Å². The monoisotopic (exact) mass is 508 g/mol. The van der Waals surface area contributed by atoms with E-state index in [1.807, 2.05) is 25.1 Å². The van der Waals surface area contributed by atoms with Crippen LogP contribution < -0.4 is 9.80 Å². The molecule has 1 atom stereocenters. The lowest BCUT2D eigenvalue weighted by molar-refractivity contribution is 0.899. The molecule has 0 N–H and O–H groups in total. The first-order chi connectivity index (χ1) is 18.9. The molecule has 4 nitrogen and oxygen atoms in total. The van der Waals surface area contributed by atoms with Crippen molar-refractivity contribution < 1.29 is 0 Å². The molecule has 192 valence electrons. The third kappa shape index (κ3) is 4.90. The smallest absolute Gasteiger partial charge is 0.0991 e. The number of nitrogens with zero attached hydrogens (tertiary/aromatic N) is 4. The second kappa shape index (κ2) is 10.9. The van der Waals surface area contributed by atoms with E-state index in [0.717, 1.165) is 34.8 Å². The minimum atomic E-state index is -0.198. The number of fused-ring (bicyclic) bond motifs is 2. The summed E-state index contributed by atoms with van der Waals surface area (Å²) in [6.07, 6.45) is 8.33. The number of anilines is 3. The van der Waals surface area contributed by atoms with Crippen LogP contribution in [0.4, 0.5) is 17.1 Å². The quantitative estimate of drug-likeness (QED) is 0.346. The van der Waals surface area contributed by atoms with E-state index < -0.39 is 0 Å². The van der Waals surface area contributed by atoms with Gasteiger partial charge >= 0.3 is 0 Å². The second-order valence-electron chi connectivity index (χ2n) is 10.2. The molecule has 0 saturated carbocycles. The summed E-state index contributed by atoms with van der Waals surface area (Å²) in [5.41, 5.74) is 12.4. The zero-order chi connectivity index (χ0) is 27.5. The summed E-state index contributed by atoms with van der Waals surface area (Å²) in [6.45, 7) is 9.78. The highest BCUT2D eigenvalue weighted by Gasteiger charge is 2.25. The molecule has 0 saturated heterocycles. The molecule has 4 heteroatoms. The van der Waals surface area contributed by atoms with E-state index in [1.165, 1.54) is 28.0 Å². The first-order valence-corrected chi connectivity index (χ1v) is 13.3. The maximum Gasteiger partial charge on any atom is 0.0991 e. The van der Waals surface area contributed by atoms with Crippen molar-refractivity contribution in [3.05, 3.63) is 125 Å². The van der Waals surface area contributed by atoms with Gasteiger partial charge in [0.05, 0.1) is 23.6 Å². The number of allylic oxidation sites excluding steroid dienone is 6. The third-order valence-electron chi connectivity index (χ3n) is 7.52. The molecule has 2 aliphatic heterocycles.